The third-order valence-corrected chi connectivity index (χ3v) is 4.26. The molecule has 0 aromatic heterocycles. The number of hydrogen-bond donors (Lipinski definition) is 2. The van der Waals surface area contributed by atoms with Crippen LogP contribution in [0.1, 0.15) is 33.1 Å². The molecule has 102 valence electrons. The van der Waals surface area contributed by atoms with E-state index in [0.717, 1.165) is 0 Å². The van der Waals surface area contributed by atoms with E-state index in [2.05, 4.69) is 4.72 Å². The molecular weight excluding hydrogens is 246 g/mol. The Morgan fingerprint density at radius 3 is 2.24 bits per heavy atom. The SMILES string of the molecule is CCC(CC)(NS(=O)(=O)CCCOC)C(=O)O. The summed E-state index contributed by atoms with van der Waals surface area (Å²) in [5.74, 6) is -1.27. The van der Waals surface area contributed by atoms with Gasteiger partial charge in [-0.25, -0.2) is 8.42 Å². The Morgan fingerprint density at radius 2 is 1.88 bits per heavy atom. The third-order valence-electron chi connectivity index (χ3n) is 2.73. The number of carboxylic acid groups (broad SMARTS) is 1. The van der Waals surface area contributed by atoms with E-state index < -0.39 is 21.5 Å². The van der Waals surface area contributed by atoms with Gasteiger partial charge in [0, 0.05) is 13.7 Å². The minimum Gasteiger partial charge on any atom is -0.480 e. The number of aliphatic carboxylic acids is 1. The monoisotopic (exact) mass is 267 g/mol. The molecule has 0 unspecified atom stereocenters. The highest BCUT2D eigenvalue weighted by Gasteiger charge is 2.38. The van der Waals surface area contributed by atoms with Gasteiger partial charge in [0.15, 0.2) is 0 Å². The lowest BCUT2D eigenvalue weighted by Gasteiger charge is -2.27. The highest BCUT2D eigenvalue weighted by atomic mass is 32.2. The zero-order valence-electron chi connectivity index (χ0n) is 10.5. The molecule has 6 nitrogen and oxygen atoms in total. The minimum absolute atomic E-state index is 0.129. The van der Waals surface area contributed by atoms with Crippen LogP contribution in [0.4, 0.5) is 0 Å². The molecule has 0 aliphatic carbocycles. The van der Waals surface area contributed by atoms with Crippen molar-refractivity contribution in [3.63, 3.8) is 0 Å². The van der Waals surface area contributed by atoms with Crippen LogP contribution in [0.3, 0.4) is 0 Å². The van der Waals surface area contributed by atoms with Gasteiger partial charge >= 0.3 is 5.97 Å². The second-order valence-electron chi connectivity index (χ2n) is 3.86. The molecule has 7 heteroatoms. The average molecular weight is 267 g/mol. The first kappa shape index (κ1) is 16.3. The first-order chi connectivity index (χ1) is 7.83. The molecule has 0 fully saturated rings. The van der Waals surface area contributed by atoms with E-state index in [4.69, 9.17) is 9.84 Å². The molecular formula is C10H21NO5S. The Morgan fingerprint density at radius 1 is 1.35 bits per heavy atom. The van der Waals surface area contributed by atoms with Crippen molar-refractivity contribution in [3.05, 3.63) is 0 Å². The van der Waals surface area contributed by atoms with Gasteiger partial charge in [-0.3, -0.25) is 4.79 Å². The number of methoxy groups -OCH3 is 1. The number of rotatable bonds is 9. The van der Waals surface area contributed by atoms with Crippen LogP contribution >= 0.6 is 0 Å². The summed E-state index contributed by atoms with van der Waals surface area (Å²) >= 11 is 0. The van der Waals surface area contributed by atoms with Crippen LogP contribution < -0.4 is 4.72 Å². The number of carbonyl (C=O) groups is 1. The highest BCUT2D eigenvalue weighted by Crippen LogP contribution is 2.17. The van der Waals surface area contributed by atoms with Crippen LogP contribution in [0.2, 0.25) is 0 Å². The Hall–Kier alpha value is -0.660. The van der Waals surface area contributed by atoms with Crippen LogP contribution in [-0.4, -0.2) is 44.5 Å². The van der Waals surface area contributed by atoms with Crippen molar-refractivity contribution >= 4 is 16.0 Å². The van der Waals surface area contributed by atoms with Crippen molar-refractivity contribution in [3.8, 4) is 0 Å². The topological polar surface area (TPSA) is 92.7 Å². The maximum Gasteiger partial charge on any atom is 0.324 e. The van der Waals surface area contributed by atoms with Crippen molar-refractivity contribution in [1.29, 1.82) is 0 Å². The van der Waals surface area contributed by atoms with Crippen LogP contribution in [0.5, 0.6) is 0 Å². The summed E-state index contributed by atoms with van der Waals surface area (Å²) < 4.78 is 30.5. The van der Waals surface area contributed by atoms with Crippen molar-refractivity contribution in [2.75, 3.05) is 19.5 Å². The number of ether oxygens (including phenoxy) is 1. The highest BCUT2D eigenvalue weighted by molar-refractivity contribution is 7.89. The summed E-state index contributed by atoms with van der Waals surface area (Å²) in [5, 5.41) is 9.11. The first-order valence-electron chi connectivity index (χ1n) is 5.57. The summed E-state index contributed by atoms with van der Waals surface area (Å²) in [6, 6.07) is 0. The molecule has 0 amide bonds. The normalized spacial score (nSPS) is 12.6. The first-order valence-corrected chi connectivity index (χ1v) is 7.22. The molecule has 0 saturated heterocycles. The van der Waals surface area contributed by atoms with E-state index in [9.17, 15) is 13.2 Å². The van der Waals surface area contributed by atoms with E-state index in [1.54, 1.807) is 13.8 Å². The second-order valence-corrected chi connectivity index (χ2v) is 5.70. The fourth-order valence-electron chi connectivity index (χ4n) is 1.48. The molecule has 0 aliphatic rings. The van der Waals surface area contributed by atoms with Gasteiger partial charge in [0.05, 0.1) is 5.75 Å². The Labute approximate surface area is 102 Å². The number of sulfonamides is 1. The molecule has 0 bridgehead atoms. The molecule has 17 heavy (non-hydrogen) atoms. The Kier molecular flexibility index (Phi) is 6.66. The molecule has 0 spiro atoms. The molecule has 0 saturated carbocycles. The second kappa shape index (κ2) is 6.93. The maximum absolute atomic E-state index is 11.7. The summed E-state index contributed by atoms with van der Waals surface area (Å²) in [6.45, 7) is 3.63. The largest absolute Gasteiger partial charge is 0.480 e. The third kappa shape index (κ3) is 5.01. The molecule has 0 aromatic carbocycles. The Bertz CT molecular complexity index is 335. The van der Waals surface area contributed by atoms with Crippen LogP contribution in [0.15, 0.2) is 0 Å². The van der Waals surface area contributed by atoms with Gasteiger partial charge in [0.25, 0.3) is 0 Å². The van der Waals surface area contributed by atoms with E-state index in [1.165, 1.54) is 7.11 Å². The van der Waals surface area contributed by atoms with Gasteiger partial charge < -0.3 is 9.84 Å². The molecule has 0 aromatic rings. The summed E-state index contributed by atoms with van der Waals surface area (Å²) in [4.78, 5) is 11.1. The maximum atomic E-state index is 11.7. The lowest BCUT2D eigenvalue weighted by atomic mass is 9.95. The lowest BCUT2D eigenvalue weighted by molar-refractivity contribution is -0.144. The van der Waals surface area contributed by atoms with E-state index in [1.807, 2.05) is 0 Å². The number of carboxylic acids is 1. The van der Waals surface area contributed by atoms with E-state index in [0.29, 0.717) is 13.0 Å². The van der Waals surface area contributed by atoms with Gasteiger partial charge in [-0.05, 0) is 19.3 Å². The standard InChI is InChI=1S/C10H21NO5S/c1-4-10(5-2,9(12)13)11-17(14,15)8-6-7-16-3/h11H,4-8H2,1-3H3,(H,12,13). The number of nitrogens with one attached hydrogen (secondary N) is 1. The molecule has 0 aliphatic heterocycles. The molecule has 2 N–H and O–H groups in total. The summed E-state index contributed by atoms with van der Waals surface area (Å²) in [5.41, 5.74) is -1.40. The van der Waals surface area contributed by atoms with E-state index >= 15 is 0 Å². The van der Waals surface area contributed by atoms with E-state index in [-0.39, 0.29) is 18.6 Å². The predicted octanol–water partition coefficient (Wildman–Crippen LogP) is 0.586. The van der Waals surface area contributed by atoms with Crippen molar-refractivity contribution < 1.29 is 23.1 Å². The fourth-order valence-corrected chi connectivity index (χ4v) is 3.05. The Balaban J connectivity index is 4.70. The fraction of sp³-hybridized carbons (Fsp3) is 0.900. The average Bonchev–Trinajstić information content (AvgIpc) is 2.26. The summed E-state index contributed by atoms with van der Waals surface area (Å²) in [6.07, 6.45) is 0.764. The van der Waals surface area contributed by atoms with Gasteiger partial charge in [0.2, 0.25) is 10.0 Å². The zero-order valence-corrected chi connectivity index (χ0v) is 11.3. The quantitative estimate of drug-likeness (QED) is 0.596. The van der Waals surface area contributed by atoms with Gasteiger partial charge in [-0.1, -0.05) is 13.8 Å². The molecule has 0 radical (unpaired) electrons. The van der Waals surface area contributed by atoms with Gasteiger partial charge in [-0.2, -0.15) is 4.72 Å². The molecule has 0 rings (SSSR count). The minimum atomic E-state index is -3.59. The van der Waals surface area contributed by atoms with Crippen LogP contribution in [-0.2, 0) is 19.6 Å². The molecule has 0 atom stereocenters. The van der Waals surface area contributed by atoms with Gasteiger partial charge in [-0.15, -0.1) is 0 Å². The van der Waals surface area contributed by atoms with Crippen molar-refractivity contribution in [2.45, 2.75) is 38.6 Å². The van der Waals surface area contributed by atoms with Crippen molar-refractivity contribution in [2.24, 2.45) is 0 Å². The van der Waals surface area contributed by atoms with Crippen LogP contribution in [0, 0.1) is 0 Å². The molecule has 0 heterocycles. The van der Waals surface area contributed by atoms with Crippen molar-refractivity contribution in [1.82, 2.24) is 4.72 Å². The van der Waals surface area contributed by atoms with Crippen LogP contribution in [0.25, 0.3) is 0 Å². The smallest absolute Gasteiger partial charge is 0.324 e. The summed E-state index contributed by atoms with van der Waals surface area (Å²) in [7, 11) is -2.11. The number of hydrogen-bond acceptors (Lipinski definition) is 4. The lowest BCUT2D eigenvalue weighted by Crippen LogP contribution is -2.54. The zero-order chi connectivity index (χ0) is 13.5. The van der Waals surface area contributed by atoms with Gasteiger partial charge in [0.1, 0.15) is 5.54 Å². The predicted molar refractivity (Wildman–Crippen MR) is 64.4 cm³/mol.